The summed E-state index contributed by atoms with van der Waals surface area (Å²) in [5, 5.41) is 17.4. The van der Waals surface area contributed by atoms with E-state index >= 15 is 0 Å². The third kappa shape index (κ3) is 5.42. The maximum absolute atomic E-state index is 10.6. The molecule has 2 heterocycles. The summed E-state index contributed by atoms with van der Waals surface area (Å²) in [4.78, 5) is 29.2. The zero-order chi connectivity index (χ0) is 15.8. The molecule has 0 spiro atoms. The maximum atomic E-state index is 10.6. The third-order valence-corrected chi connectivity index (χ3v) is 2.28. The number of hydrogen-bond acceptors (Lipinski definition) is 4. The quantitative estimate of drug-likeness (QED) is 0.659. The molecule has 2 aromatic heterocycles. The molecule has 6 nitrogen and oxygen atoms in total. The molecule has 9 heteroatoms. The van der Waals surface area contributed by atoms with E-state index in [0.717, 1.165) is 0 Å². The molecule has 2 rings (SSSR count). The topological polar surface area (TPSA) is 100 Å². The molecule has 0 radical (unpaired) electrons. The number of hydrogen-bond donors (Lipinski definition) is 2. The van der Waals surface area contributed by atoms with Gasteiger partial charge in [0, 0.05) is 12.4 Å². The minimum atomic E-state index is -1.05. The van der Waals surface area contributed by atoms with E-state index in [1.165, 1.54) is 36.7 Å². The molecular formula is C12H8Cl2N2O4Pt. The molecule has 0 saturated carbocycles. The minimum absolute atomic E-state index is 0.0842. The fourth-order valence-corrected chi connectivity index (χ4v) is 1.34. The van der Waals surface area contributed by atoms with Gasteiger partial charge in [0.1, 0.15) is 0 Å². The predicted octanol–water partition coefficient (Wildman–Crippen LogP) is 2.92. The molecule has 2 N–H and O–H groups in total. The Morgan fingerprint density at radius 2 is 1.19 bits per heavy atom. The van der Waals surface area contributed by atoms with E-state index in [0.29, 0.717) is 11.4 Å². The molecule has 0 amide bonds. The molecule has 0 atom stereocenters. The van der Waals surface area contributed by atoms with Gasteiger partial charge >= 0.3 is 47.3 Å². The van der Waals surface area contributed by atoms with Crippen molar-refractivity contribution in [2.45, 2.75) is 0 Å². The van der Waals surface area contributed by atoms with Crippen LogP contribution in [0.5, 0.6) is 0 Å². The van der Waals surface area contributed by atoms with Gasteiger partial charge in [0.15, 0.2) is 0 Å². The molecule has 0 bridgehead atoms. The predicted molar refractivity (Wildman–Crippen MR) is 73.1 cm³/mol. The van der Waals surface area contributed by atoms with Gasteiger partial charge in [0.25, 0.3) is 0 Å². The van der Waals surface area contributed by atoms with E-state index in [1.807, 2.05) is 0 Å². The van der Waals surface area contributed by atoms with Crippen molar-refractivity contribution in [1.29, 1.82) is 0 Å². The van der Waals surface area contributed by atoms with Gasteiger partial charge < -0.3 is 10.2 Å². The number of carbonyl (C=O) groups is 2. The summed E-state index contributed by atoms with van der Waals surface area (Å²) in [6.45, 7) is 0. The van der Waals surface area contributed by atoms with Gasteiger partial charge in [-0.15, -0.1) is 0 Å². The first-order chi connectivity index (χ1) is 9.99. The first-order valence-electron chi connectivity index (χ1n) is 5.21. The van der Waals surface area contributed by atoms with Gasteiger partial charge in [0.2, 0.25) is 0 Å². The van der Waals surface area contributed by atoms with Crippen molar-refractivity contribution in [2.24, 2.45) is 0 Å². The number of carboxylic acid groups (broad SMARTS) is 2. The Labute approximate surface area is 136 Å². The zero-order valence-corrected chi connectivity index (χ0v) is 13.9. The molecule has 0 aliphatic heterocycles. The van der Waals surface area contributed by atoms with Crippen LogP contribution in [0.15, 0.2) is 36.7 Å². The molecule has 0 aliphatic rings. The van der Waals surface area contributed by atoms with Crippen molar-refractivity contribution in [2.75, 3.05) is 0 Å². The van der Waals surface area contributed by atoms with Crippen molar-refractivity contribution in [3.8, 4) is 11.4 Å². The van der Waals surface area contributed by atoms with Crippen LogP contribution in [0.2, 0.25) is 0 Å². The van der Waals surface area contributed by atoms with Gasteiger partial charge in [-0.05, 0) is 24.3 Å². The van der Waals surface area contributed by atoms with E-state index in [2.05, 4.69) is 9.97 Å². The summed E-state index contributed by atoms with van der Waals surface area (Å²) < 4.78 is 0. The van der Waals surface area contributed by atoms with Gasteiger partial charge in [-0.25, -0.2) is 9.59 Å². The number of aromatic carboxylic acids is 2. The van der Waals surface area contributed by atoms with Crippen molar-refractivity contribution in [1.82, 2.24) is 9.97 Å². The van der Waals surface area contributed by atoms with Crippen LogP contribution in [0, 0.1) is 0 Å². The van der Waals surface area contributed by atoms with Crippen LogP contribution in [0.25, 0.3) is 11.4 Å². The fraction of sp³-hybridized carbons (Fsp3) is 0. The zero-order valence-electron chi connectivity index (χ0n) is 10.1. The van der Waals surface area contributed by atoms with Gasteiger partial charge in [-0.3, -0.25) is 9.97 Å². The first kappa shape index (κ1) is 17.6. The second-order valence-electron chi connectivity index (χ2n) is 3.52. The second-order valence-corrected chi connectivity index (χ2v) is 6.80. The molecule has 0 fully saturated rings. The van der Waals surface area contributed by atoms with Crippen LogP contribution >= 0.6 is 18.8 Å². The SMILES string of the molecule is O=C(O)c1ccc(-c2ccc(C(=O)O)cn2)nc1.[Cl][Pt][Cl]. The molecule has 2 aromatic rings. The molecule has 0 aliphatic carbocycles. The van der Waals surface area contributed by atoms with Gasteiger partial charge in [0.05, 0.1) is 22.5 Å². The van der Waals surface area contributed by atoms with E-state index < -0.39 is 28.4 Å². The first-order valence-corrected chi connectivity index (χ1v) is 10.8. The van der Waals surface area contributed by atoms with Crippen LogP contribution in [0.1, 0.15) is 20.7 Å². The van der Waals surface area contributed by atoms with E-state index in [-0.39, 0.29) is 11.1 Å². The Kier molecular flexibility index (Phi) is 7.29. The van der Waals surface area contributed by atoms with Crippen LogP contribution < -0.4 is 0 Å². The summed E-state index contributed by atoms with van der Waals surface area (Å²) in [5.41, 5.74) is 1.13. The van der Waals surface area contributed by atoms with Gasteiger partial charge in [-0.2, -0.15) is 0 Å². The van der Waals surface area contributed by atoms with E-state index in [1.54, 1.807) is 0 Å². The van der Waals surface area contributed by atoms with E-state index in [9.17, 15) is 9.59 Å². The normalized spacial score (nSPS) is 9.62. The fourth-order valence-electron chi connectivity index (χ4n) is 1.34. The summed E-state index contributed by atoms with van der Waals surface area (Å²) in [5.74, 6) is -2.11. The Hall–Kier alpha value is -1.49. The van der Waals surface area contributed by atoms with Crippen molar-refractivity contribution < 1.29 is 36.3 Å². The number of carboxylic acids is 2. The van der Waals surface area contributed by atoms with Crippen LogP contribution in [-0.4, -0.2) is 32.1 Å². The Bertz CT molecular complexity index is 565. The average molecular weight is 510 g/mol. The van der Waals surface area contributed by atoms with Gasteiger partial charge in [-0.1, -0.05) is 0 Å². The second kappa shape index (κ2) is 8.72. The van der Waals surface area contributed by atoms with Crippen molar-refractivity contribution in [3.63, 3.8) is 0 Å². The molecule has 0 aromatic carbocycles. The summed E-state index contributed by atoms with van der Waals surface area (Å²) >= 11 is -0.472. The molecule has 0 saturated heterocycles. The van der Waals surface area contributed by atoms with Crippen LogP contribution in [0.3, 0.4) is 0 Å². The Morgan fingerprint density at radius 1 is 0.857 bits per heavy atom. The monoisotopic (exact) mass is 509 g/mol. The van der Waals surface area contributed by atoms with Crippen molar-refractivity contribution in [3.05, 3.63) is 47.8 Å². The standard InChI is InChI=1S/C12H8N2O4.2ClH.Pt/c15-11(16)7-1-3-9(13-5-7)10-4-2-8(6-14-10)12(17)18;;;/h1-6H,(H,15,16)(H,17,18);2*1H;/q;;;+2/p-2. The Balaban J connectivity index is 0.000000677. The van der Waals surface area contributed by atoms with Crippen LogP contribution in [-0.2, 0) is 16.5 Å². The summed E-state index contributed by atoms with van der Waals surface area (Å²) in [7, 11) is 9.75. The molecule has 21 heavy (non-hydrogen) atoms. The molecule has 114 valence electrons. The number of halogens is 2. The summed E-state index contributed by atoms with van der Waals surface area (Å²) in [6.07, 6.45) is 2.45. The summed E-state index contributed by atoms with van der Waals surface area (Å²) in [6, 6.07) is 5.87. The number of nitrogens with zero attached hydrogens (tertiary/aromatic N) is 2. The third-order valence-electron chi connectivity index (χ3n) is 2.28. The average Bonchev–Trinajstić information content (AvgIpc) is 2.48. The molecule has 0 unspecified atom stereocenters. The number of rotatable bonds is 3. The van der Waals surface area contributed by atoms with E-state index in [4.69, 9.17) is 29.0 Å². The van der Waals surface area contributed by atoms with Crippen molar-refractivity contribution >= 4 is 30.8 Å². The Morgan fingerprint density at radius 3 is 1.38 bits per heavy atom. The number of aromatic nitrogens is 2. The van der Waals surface area contributed by atoms with Crippen LogP contribution in [0.4, 0.5) is 0 Å². The molecular weight excluding hydrogens is 502 g/mol. The number of pyridine rings is 2.